The molecule has 3 rings (SSSR count). The largest absolute Gasteiger partial charge is 0.465 e. The van der Waals surface area contributed by atoms with Crippen LogP contribution in [0, 0.1) is 6.92 Å². The Balaban J connectivity index is 1.98. The van der Waals surface area contributed by atoms with Crippen LogP contribution in [0.2, 0.25) is 0 Å². The number of hydrogen-bond acceptors (Lipinski definition) is 4. The minimum atomic E-state index is -0.542. The summed E-state index contributed by atoms with van der Waals surface area (Å²) in [6, 6.07) is 18.7. The lowest BCUT2D eigenvalue weighted by atomic mass is 10.1. The van der Waals surface area contributed by atoms with E-state index in [9.17, 15) is 9.59 Å². The van der Waals surface area contributed by atoms with E-state index in [-0.39, 0.29) is 17.9 Å². The number of benzene rings is 2. The van der Waals surface area contributed by atoms with Gasteiger partial charge in [0.15, 0.2) is 5.82 Å². The highest BCUT2D eigenvalue weighted by molar-refractivity contribution is 6.02. The molecule has 0 atom stereocenters. The molecule has 6 heteroatoms. The van der Waals surface area contributed by atoms with Gasteiger partial charge >= 0.3 is 5.97 Å². The predicted molar refractivity (Wildman–Crippen MR) is 98.4 cm³/mol. The summed E-state index contributed by atoms with van der Waals surface area (Å²) < 4.78 is 6.41. The molecule has 0 saturated heterocycles. The molecule has 3 aromatic rings. The minimum Gasteiger partial charge on any atom is -0.465 e. The fraction of sp³-hybridized carbons (Fsp3) is 0.150. The standard InChI is InChI=1S/C20H19N3O3/c1-14-18(20(25)26-2)19(23(22-14)16-11-7-4-8-12-16)21-17(24)13-15-9-5-3-6-10-15/h3-12H,13H2,1-2H3,(H,21,24). The van der Waals surface area contributed by atoms with Crippen LogP contribution in [0.25, 0.3) is 5.69 Å². The van der Waals surface area contributed by atoms with Crippen LogP contribution >= 0.6 is 0 Å². The van der Waals surface area contributed by atoms with Gasteiger partial charge in [-0.3, -0.25) is 4.79 Å². The van der Waals surface area contributed by atoms with Gasteiger partial charge in [-0.05, 0) is 24.6 Å². The van der Waals surface area contributed by atoms with Crippen LogP contribution in [0.15, 0.2) is 60.7 Å². The molecule has 0 saturated carbocycles. The van der Waals surface area contributed by atoms with Crippen molar-refractivity contribution in [3.8, 4) is 5.69 Å². The van der Waals surface area contributed by atoms with Crippen molar-refractivity contribution in [3.05, 3.63) is 77.5 Å². The molecule has 1 heterocycles. The Morgan fingerprint density at radius 1 is 1.04 bits per heavy atom. The van der Waals surface area contributed by atoms with Gasteiger partial charge < -0.3 is 10.1 Å². The molecule has 1 amide bonds. The zero-order valence-corrected chi connectivity index (χ0v) is 14.6. The maximum absolute atomic E-state index is 12.5. The first-order valence-electron chi connectivity index (χ1n) is 8.17. The Hall–Kier alpha value is -3.41. The van der Waals surface area contributed by atoms with Crippen LogP contribution in [0.4, 0.5) is 5.82 Å². The molecule has 1 N–H and O–H groups in total. The zero-order valence-electron chi connectivity index (χ0n) is 14.6. The van der Waals surface area contributed by atoms with Crippen molar-refractivity contribution in [1.29, 1.82) is 0 Å². The third-order valence-corrected chi connectivity index (χ3v) is 3.92. The van der Waals surface area contributed by atoms with E-state index < -0.39 is 5.97 Å². The molecule has 0 aliphatic rings. The number of ether oxygens (including phenoxy) is 1. The lowest BCUT2D eigenvalue weighted by Gasteiger charge is -2.11. The Morgan fingerprint density at radius 3 is 2.27 bits per heavy atom. The number of nitrogens with zero attached hydrogens (tertiary/aromatic N) is 2. The van der Waals surface area contributed by atoms with Crippen LogP contribution in [-0.2, 0) is 16.0 Å². The average Bonchev–Trinajstić information content (AvgIpc) is 2.98. The number of carbonyl (C=O) groups is 2. The van der Waals surface area contributed by atoms with Crippen molar-refractivity contribution in [2.75, 3.05) is 12.4 Å². The highest BCUT2D eigenvalue weighted by Crippen LogP contribution is 2.24. The lowest BCUT2D eigenvalue weighted by Crippen LogP contribution is -2.19. The van der Waals surface area contributed by atoms with E-state index in [2.05, 4.69) is 10.4 Å². The highest BCUT2D eigenvalue weighted by Gasteiger charge is 2.24. The number of hydrogen-bond donors (Lipinski definition) is 1. The van der Waals surface area contributed by atoms with Crippen molar-refractivity contribution in [2.24, 2.45) is 0 Å². The predicted octanol–water partition coefficient (Wildman–Crippen LogP) is 3.15. The van der Waals surface area contributed by atoms with Crippen molar-refractivity contribution >= 4 is 17.7 Å². The summed E-state index contributed by atoms with van der Waals surface area (Å²) in [6.07, 6.45) is 0.195. The Labute approximate surface area is 151 Å². The first-order chi connectivity index (χ1) is 12.6. The van der Waals surface area contributed by atoms with Crippen LogP contribution in [-0.4, -0.2) is 28.8 Å². The molecule has 0 aliphatic heterocycles. The Kier molecular flexibility index (Phi) is 5.12. The summed E-state index contributed by atoms with van der Waals surface area (Å²) in [5, 5.41) is 7.23. The van der Waals surface area contributed by atoms with Gasteiger partial charge in [-0.15, -0.1) is 0 Å². The fourth-order valence-corrected chi connectivity index (χ4v) is 2.70. The monoisotopic (exact) mass is 349 g/mol. The van der Waals surface area contributed by atoms with E-state index in [1.54, 1.807) is 11.6 Å². The topological polar surface area (TPSA) is 73.2 Å². The van der Waals surface area contributed by atoms with Gasteiger partial charge in [0.05, 0.1) is 24.9 Å². The normalized spacial score (nSPS) is 10.4. The van der Waals surface area contributed by atoms with Crippen molar-refractivity contribution in [1.82, 2.24) is 9.78 Å². The molecule has 2 aromatic carbocycles. The number of carbonyl (C=O) groups excluding carboxylic acids is 2. The van der Waals surface area contributed by atoms with Crippen molar-refractivity contribution in [3.63, 3.8) is 0 Å². The van der Waals surface area contributed by atoms with E-state index in [1.165, 1.54) is 7.11 Å². The summed E-state index contributed by atoms with van der Waals surface area (Å²) >= 11 is 0. The summed E-state index contributed by atoms with van der Waals surface area (Å²) in [7, 11) is 1.30. The molecule has 0 fully saturated rings. The van der Waals surface area contributed by atoms with E-state index in [1.807, 2.05) is 60.7 Å². The molecule has 0 radical (unpaired) electrons. The lowest BCUT2D eigenvalue weighted by molar-refractivity contribution is -0.115. The molecule has 6 nitrogen and oxygen atoms in total. The molecule has 0 unspecified atom stereocenters. The number of amides is 1. The molecule has 0 bridgehead atoms. The van der Waals surface area contributed by atoms with Crippen molar-refractivity contribution < 1.29 is 14.3 Å². The third kappa shape index (κ3) is 3.64. The molecule has 132 valence electrons. The summed E-state index contributed by atoms with van der Waals surface area (Å²) in [6.45, 7) is 1.71. The SMILES string of the molecule is COC(=O)c1c(C)nn(-c2ccccc2)c1NC(=O)Cc1ccccc1. The van der Waals surface area contributed by atoms with Crippen LogP contribution < -0.4 is 5.32 Å². The number of methoxy groups -OCH3 is 1. The second kappa shape index (κ2) is 7.65. The van der Waals surface area contributed by atoms with Gasteiger partial charge in [0, 0.05) is 0 Å². The number of nitrogens with one attached hydrogen (secondary N) is 1. The van der Waals surface area contributed by atoms with Gasteiger partial charge in [-0.1, -0.05) is 48.5 Å². The number of rotatable bonds is 5. The number of esters is 1. The minimum absolute atomic E-state index is 0.195. The van der Waals surface area contributed by atoms with E-state index >= 15 is 0 Å². The highest BCUT2D eigenvalue weighted by atomic mass is 16.5. The number of anilines is 1. The summed E-state index contributed by atoms with van der Waals surface area (Å²) in [4.78, 5) is 24.7. The van der Waals surface area contributed by atoms with Gasteiger partial charge in [0.25, 0.3) is 0 Å². The Bertz CT molecular complexity index is 918. The molecule has 0 spiro atoms. The first kappa shape index (κ1) is 17.4. The van der Waals surface area contributed by atoms with Crippen LogP contribution in [0.1, 0.15) is 21.6 Å². The van der Waals surface area contributed by atoms with E-state index in [0.717, 1.165) is 11.3 Å². The summed E-state index contributed by atoms with van der Waals surface area (Å²) in [5.41, 5.74) is 2.35. The molecular formula is C20H19N3O3. The average molecular weight is 349 g/mol. The second-order valence-electron chi connectivity index (χ2n) is 5.76. The van der Waals surface area contributed by atoms with Crippen LogP contribution in [0.5, 0.6) is 0 Å². The van der Waals surface area contributed by atoms with Gasteiger partial charge in [0.2, 0.25) is 5.91 Å². The summed E-state index contributed by atoms with van der Waals surface area (Å²) in [5.74, 6) is -0.473. The smallest absolute Gasteiger partial charge is 0.343 e. The molecular weight excluding hydrogens is 330 g/mol. The first-order valence-corrected chi connectivity index (χ1v) is 8.17. The van der Waals surface area contributed by atoms with Gasteiger partial charge in [-0.2, -0.15) is 5.10 Å². The third-order valence-electron chi connectivity index (χ3n) is 3.92. The molecule has 0 aliphatic carbocycles. The molecule has 26 heavy (non-hydrogen) atoms. The zero-order chi connectivity index (χ0) is 18.5. The number of aryl methyl sites for hydroxylation is 1. The fourth-order valence-electron chi connectivity index (χ4n) is 2.70. The maximum atomic E-state index is 12.5. The van der Waals surface area contributed by atoms with E-state index in [0.29, 0.717) is 11.5 Å². The number of aromatic nitrogens is 2. The number of para-hydroxylation sites is 1. The van der Waals surface area contributed by atoms with Gasteiger partial charge in [0.1, 0.15) is 5.56 Å². The van der Waals surface area contributed by atoms with Crippen LogP contribution in [0.3, 0.4) is 0 Å². The second-order valence-corrected chi connectivity index (χ2v) is 5.76. The molecule has 1 aromatic heterocycles. The maximum Gasteiger partial charge on any atom is 0.343 e. The Morgan fingerprint density at radius 2 is 1.65 bits per heavy atom. The van der Waals surface area contributed by atoms with E-state index in [4.69, 9.17) is 4.74 Å². The van der Waals surface area contributed by atoms with Gasteiger partial charge in [-0.25, -0.2) is 9.48 Å². The quantitative estimate of drug-likeness (QED) is 0.718. The van der Waals surface area contributed by atoms with Crippen molar-refractivity contribution in [2.45, 2.75) is 13.3 Å².